The molecule has 0 spiro atoms. The standard InChI is InChI=1S/C10H10O3S/c1-6-4-8-9(10(12)13-6)7(5-11)2-3-14-8/h2,4,11H,3,5H2,1H3. The molecule has 1 aliphatic heterocycles. The van der Waals surface area contributed by atoms with E-state index in [0.29, 0.717) is 16.9 Å². The average Bonchev–Trinajstić information content (AvgIpc) is 2.16. The lowest BCUT2D eigenvalue weighted by Crippen LogP contribution is -2.13. The number of thioether (sulfide) groups is 1. The lowest BCUT2D eigenvalue weighted by molar-refractivity contribution is 0.348. The molecular weight excluding hydrogens is 200 g/mol. The van der Waals surface area contributed by atoms with Crippen molar-refractivity contribution in [2.24, 2.45) is 0 Å². The highest BCUT2D eigenvalue weighted by Crippen LogP contribution is 2.31. The van der Waals surface area contributed by atoms with Crippen molar-refractivity contribution in [1.29, 1.82) is 0 Å². The van der Waals surface area contributed by atoms with E-state index < -0.39 is 0 Å². The second-order valence-corrected chi connectivity index (χ2v) is 4.14. The van der Waals surface area contributed by atoms with Crippen molar-refractivity contribution >= 4 is 17.3 Å². The summed E-state index contributed by atoms with van der Waals surface area (Å²) in [5.74, 6) is 1.41. The monoisotopic (exact) mass is 210 g/mol. The summed E-state index contributed by atoms with van der Waals surface area (Å²) in [6, 6.07) is 1.84. The van der Waals surface area contributed by atoms with Crippen molar-refractivity contribution in [2.75, 3.05) is 12.4 Å². The summed E-state index contributed by atoms with van der Waals surface area (Å²) in [6.07, 6.45) is 1.86. The van der Waals surface area contributed by atoms with Gasteiger partial charge < -0.3 is 9.52 Å². The third-order valence-corrected chi connectivity index (χ3v) is 3.06. The van der Waals surface area contributed by atoms with Crippen LogP contribution in [-0.4, -0.2) is 17.5 Å². The summed E-state index contributed by atoms with van der Waals surface area (Å²) in [5, 5.41) is 9.07. The van der Waals surface area contributed by atoms with Gasteiger partial charge in [-0.05, 0) is 18.6 Å². The van der Waals surface area contributed by atoms with E-state index in [1.165, 1.54) is 0 Å². The van der Waals surface area contributed by atoms with Gasteiger partial charge in [-0.1, -0.05) is 6.08 Å². The fraction of sp³-hybridized carbons (Fsp3) is 0.300. The molecule has 1 aromatic rings. The van der Waals surface area contributed by atoms with Crippen LogP contribution < -0.4 is 5.63 Å². The lowest BCUT2D eigenvalue weighted by Gasteiger charge is -2.13. The molecule has 0 radical (unpaired) electrons. The molecule has 14 heavy (non-hydrogen) atoms. The minimum atomic E-state index is -0.354. The van der Waals surface area contributed by atoms with Crippen molar-refractivity contribution in [2.45, 2.75) is 11.8 Å². The van der Waals surface area contributed by atoms with E-state index in [1.54, 1.807) is 18.7 Å². The number of rotatable bonds is 1. The van der Waals surface area contributed by atoms with Gasteiger partial charge in [0, 0.05) is 10.6 Å². The molecule has 1 aromatic heterocycles. The Balaban J connectivity index is 2.66. The molecule has 2 heterocycles. The summed E-state index contributed by atoms with van der Waals surface area (Å²) >= 11 is 1.59. The summed E-state index contributed by atoms with van der Waals surface area (Å²) in [5.41, 5.74) is 0.842. The van der Waals surface area contributed by atoms with Crippen molar-refractivity contribution in [3.8, 4) is 0 Å². The van der Waals surface area contributed by atoms with E-state index in [1.807, 2.05) is 12.1 Å². The number of hydrogen-bond acceptors (Lipinski definition) is 4. The van der Waals surface area contributed by atoms with Gasteiger partial charge in [0.15, 0.2) is 0 Å². The number of fused-ring (bicyclic) bond motifs is 1. The van der Waals surface area contributed by atoms with Crippen LogP contribution >= 0.6 is 11.8 Å². The average molecular weight is 210 g/mol. The van der Waals surface area contributed by atoms with Gasteiger partial charge in [-0.3, -0.25) is 0 Å². The van der Waals surface area contributed by atoms with Gasteiger partial charge in [-0.25, -0.2) is 4.79 Å². The number of aliphatic hydroxyl groups is 1. The van der Waals surface area contributed by atoms with Gasteiger partial charge in [-0.15, -0.1) is 11.8 Å². The van der Waals surface area contributed by atoms with Gasteiger partial charge in [0.25, 0.3) is 0 Å². The van der Waals surface area contributed by atoms with Crippen molar-refractivity contribution in [3.05, 3.63) is 33.9 Å². The van der Waals surface area contributed by atoms with Crippen LogP contribution in [0.15, 0.2) is 26.2 Å². The van der Waals surface area contributed by atoms with Gasteiger partial charge in [0.2, 0.25) is 0 Å². The Labute approximate surface area is 85.4 Å². The minimum Gasteiger partial charge on any atom is -0.428 e. The predicted octanol–water partition coefficient (Wildman–Crippen LogP) is 1.43. The van der Waals surface area contributed by atoms with Crippen LogP contribution in [0, 0.1) is 6.92 Å². The molecular formula is C10H10O3S. The van der Waals surface area contributed by atoms with E-state index in [4.69, 9.17) is 9.52 Å². The Morgan fingerprint density at radius 1 is 1.64 bits per heavy atom. The number of aryl methyl sites for hydroxylation is 1. The topological polar surface area (TPSA) is 50.4 Å². The van der Waals surface area contributed by atoms with E-state index in [-0.39, 0.29) is 12.2 Å². The van der Waals surface area contributed by atoms with Gasteiger partial charge in [-0.2, -0.15) is 0 Å². The van der Waals surface area contributed by atoms with E-state index >= 15 is 0 Å². The summed E-state index contributed by atoms with van der Waals surface area (Å²) in [6.45, 7) is 1.64. The SMILES string of the molecule is Cc1cc2c(c(=O)o1)C(CO)=CCS2. The van der Waals surface area contributed by atoms with Crippen LogP contribution in [-0.2, 0) is 0 Å². The highest BCUT2D eigenvalue weighted by Gasteiger charge is 2.17. The molecule has 0 saturated heterocycles. The third-order valence-electron chi connectivity index (χ3n) is 2.10. The minimum absolute atomic E-state index is 0.110. The number of aliphatic hydroxyl groups excluding tert-OH is 1. The maximum absolute atomic E-state index is 11.5. The van der Waals surface area contributed by atoms with Gasteiger partial charge >= 0.3 is 5.63 Å². The first-order valence-electron chi connectivity index (χ1n) is 4.30. The lowest BCUT2D eigenvalue weighted by atomic mass is 10.1. The molecule has 1 aliphatic rings. The molecule has 0 fully saturated rings. The summed E-state index contributed by atoms with van der Waals surface area (Å²) < 4.78 is 4.99. The molecule has 0 bridgehead atoms. The van der Waals surface area contributed by atoms with Crippen molar-refractivity contribution < 1.29 is 9.52 Å². The number of hydrogen-bond donors (Lipinski definition) is 1. The smallest absolute Gasteiger partial charge is 0.344 e. The van der Waals surface area contributed by atoms with E-state index in [0.717, 1.165) is 10.6 Å². The molecule has 0 saturated carbocycles. The Hall–Kier alpha value is -1.00. The Kier molecular flexibility index (Phi) is 2.48. The largest absolute Gasteiger partial charge is 0.428 e. The maximum atomic E-state index is 11.5. The Bertz CT molecular complexity index is 445. The van der Waals surface area contributed by atoms with Crippen LogP contribution in [0.5, 0.6) is 0 Å². The maximum Gasteiger partial charge on any atom is 0.344 e. The molecule has 0 atom stereocenters. The molecule has 3 nitrogen and oxygen atoms in total. The predicted molar refractivity (Wildman–Crippen MR) is 55.5 cm³/mol. The summed E-state index contributed by atoms with van der Waals surface area (Å²) in [4.78, 5) is 12.4. The zero-order valence-electron chi connectivity index (χ0n) is 7.74. The summed E-state index contributed by atoms with van der Waals surface area (Å²) in [7, 11) is 0. The first-order chi connectivity index (χ1) is 6.72. The van der Waals surface area contributed by atoms with Crippen LogP contribution in [0.25, 0.3) is 5.57 Å². The molecule has 4 heteroatoms. The van der Waals surface area contributed by atoms with E-state index in [9.17, 15) is 4.79 Å². The molecule has 0 aliphatic carbocycles. The first-order valence-corrected chi connectivity index (χ1v) is 5.28. The molecule has 0 aromatic carbocycles. The quantitative estimate of drug-likeness (QED) is 0.761. The molecule has 74 valence electrons. The molecule has 2 rings (SSSR count). The Morgan fingerprint density at radius 3 is 3.14 bits per heavy atom. The molecule has 0 amide bonds. The zero-order chi connectivity index (χ0) is 10.1. The second kappa shape index (κ2) is 3.63. The van der Waals surface area contributed by atoms with Crippen molar-refractivity contribution in [1.82, 2.24) is 0 Å². The normalized spacial score (nSPS) is 14.9. The second-order valence-electron chi connectivity index (χ2n) is 3.08. The van der Waals surface area contributed by atoms with Crippen LogP contribution in [0.3, 0.4) is 0 Å². The fourth-order valence-corrected chi connectivity index (χ4v) is 2.54. The van der Waals surface area contributed by atoms with Gasteiger partial charge in [0.05, 0.1) is 12.2 Å². The van der Waals surface area contributed by atoms with Crippen LogP contribution in [0.1, 0.15) is 11.3 Å². The third kappa shape index (κ3) is 1.51. The first kappa shape index (κ1) is 9.55. The van der Waals surface area contributed by atoms with Gasteiger partial charge in [0.1, 0.15) is 5.76 Å². The highest BCUT2D eigenvalue weighted by molar-refractivity contribution is 7.99. The fourth-order valence-electron chi connectivity index (χ4n) is 1.46. The van der Waals surface area contributed by atoms with E-state index in [2.05, 4.69) is 0 Å². The zero-order valence-corrected chi connectivity index (χ0v) is 8.56. The van der Waals surface area contributed by atoms with Crippen molar-refractivity contribution in [3.63, 3.8) is 0 Å². The molecule has 0 unspecified atom stereocenters. The van der Waals surface area contributed by atoms with Crippen LogP contribution in [0.2, 0.25) is 0 Å². The Morgan fingerprint density at radius 2 is 2.43 bits per heavy atom. The highest BCUT2D eigenvalue weighted by atomic mass is 32.2. The van der Waals surface area contributed by atoms with Crippen LogP contribution in [0.4, 0.5) is 0 Å². The molecule has 1 N–H and O–H groups in total.